The Hall–Kier alpha value is -3.02. The molecule has 0 saturated carbocycles. The highest BCUT2D eigenvalue weighted by atomic mass is 16.7. The number of ether oxygens (including phenoxy) is 3. The fourth-order valence-electron chi connectivity index (χ4n) is 6.30. The number of likely N-dealkylation sites (tertiary alicyclic amines) is 2. The molecule has 3 fully saturated rings. The molecule has 0 bridgehead atoms. The monoisotopic (exact) mass is 594 g/mol. The van der Waals surface area contributed by atoms with Gasteiger partial charge in [-0.25, -0.2) is 4.79 Å². The van der Waals surface area contributed by atoms with E-state index in [9.17, 15) is 14.7 Å². The normalized spacial score (nSPS) is 24.6. The smallest absolute Gasteiger partial charge is 0.325 e. The second-order valence-electron chi connectivity index (χ2n) is 11.7. The van der Waals surface area contributed by atoms with Gasteiger partial charge in [-0.05, 0) is 68.9 Å². The molecular weight excluding hydrogens is 548 g/mol. The van der Waals surface area contributed by atoms with Gasteiger partial charge in [-0.3, -0.25) is 9.69 Å². The topological polar surface area (TPSA) is 113 Å². The molecule has 234 valence electrons. The predicted molar refractivity (Wildman–Crippen MR) is 162 cm³/mol. The molecule has 0 aliphatic carbocycles. The molecule has 3 aliphatic heterocycles. The van der Waals surface area contributed by atoms with E-state index in [1.165, 1.54) is 38.8 Å². The van der Waals surface area contributed by atoms with Crippen LogP contribution in [0.5, 0.6) is 0 Å². The maximum absolute atomic E-state index is 12.1. The Morgan fingerprint density at radius 1 is 0.907 bits per heavy atom. The number of nitrogens with one attached hydrogen (secondary N) is 2. The van der Waals surface area contributed by atoms with Crippen molar-refractivity contribution < 1.29 is 28.9 Å². The first-order chi connectivity index (χ1) is 21.0. The van der Waals surface area contributed by atoms with E-state index in [2.05, 4.69) is 20.4 Å². The van der Waals surface area contributed by atoms with E-state index in [4.69, 9.17) is 14.2 Å². The van der Waals surface area contributed by atoms with E-state index in [1.807, 2.05) is 48.5 Å². The Balaban J connectivity index is 1.22. The van der Waals surface area contributed by atoms with Crippen LogP contribution in [0.25, 0.3) is 0 Å². The van der Waals surface area contributed by atoms with E-state index in [0.29, 0.717) is 12.6 Å². The van der Waals surface area contributed by atoms with Gasteiger partial charge in [-0.1, -0.05) is 48.5 Å². The van der Waals surface area contributed by atoms with Crippen LogP contribution in [-0.2, 0) is 32.2 Å². The molecule has 5 rings (SSSR count). The second-order valence-corrected chi connectivity index (χ2v) is 11.7. The lowest BCUT2D eigenvalue weighted by molar-refractivity contribution is -0.253. The minimum absolute atomic E-state index is 0.0157. The molecule has 3 N–H and O–H groups in total. The first-order valence-electron chi connectivity index (χ1n) is 15.7. The third-order valence-electron chi connectivity index (χ3n) is 8.62. The molecule has 3 aliphatic rings. The number of hydrogen-bond donors (Lipinski definition) is 3. The van der Waals surface area contributed by atoms with Crippen molar-refractivity contribution in [3.63, 3.8) is 0 Å². The van der Waals surface area contributed by atoms with Crippen molar-refractivity contribution in [2.75, 3.05) is 45.9 Å². The number of carbonyl (C=O) groups is 2. The fraction of sp³-hybridized carbons (Fsp3) is 0.576. The van der Waals surface area contributed by atoms with Crippen molar-refractivity contribution in [1.82, 2.24) is 20.4 Å². The summed E-state index contributed by atoms with van der Waals surface area (Å²) < 4.78 is 18.0. The largest absolute Gasteiger partial charge is 0.465 e. The number of urea groups is 1. The van der Waals surface area contributed by atoms with Gasteiger partial charge in [0.25, 0.3) is 0 Å². The van der Waals surface area contributed by atoms with Crippen molar-refractivity contribution >= 4 is 12.0 Å². The van der Waals surface area contributed by atoms with Crippen LogP contribution < -0.4 is 10.6 Å². The zero-order chi connectivity index (χ0) is 30.0. The number of nitrogens with zero attached hydrogens (tertiary/aromatic N) is 2. The zero-order valence-electron chi connectivity index (χ0n) is 25.2. The fourth-order valence-corrected chi connectivity index (χ4v) is 6.30. The summed E-state index contributed by atoms with van der Waals surface area (Å²) in [4.78, 5) is 28.7. The van der Waals surface area contributed by atoms with Gasteiger partial charge in [0.05, 0.1) is 25.4 Å². The van der Waals surface area contributed by atoms with Gasteiger partial charge >= 0.3 is 12.0 Å². The highest BCUT2D eigenvalue weighted by molar-refractivity contribution is 5.80. The second kappa shape index (κ2) is 15.6. The molecule has 4 atom stereocenters. The summed E-state index contributed by atoms with van der Waals surface area (Å²) in [6, 6.07) is 16.0. The summed E-state index contributed by atoms with van der Waals surface area (Å²) in [5, 5.41) is 14.8. The van der Waals surface area contributed by atoms with Crippen LogP contribution in [0.1, 0.15) is 73.7 Å². The van der Waals surface area contributed by atoms with Crippen LogP contribution in [-0.4, -0.2) is 84.9 Å². The van der Waals surface area contributed by atoms with Crippen molar-refractivity contribution in [3.8, 4) is 0 Å². The number of aliphatic hydroxyl groups is 1. The Labute approximate surface area is 254 Å². The molecule has 2 aromatic rings. The van der Waals surface area contributed by atoms with Gasteiger partial charge in [0.1, 0.15) is 6.54 Å². The molecule has 0 spiro atoms. The average molecular weight is 595 g/mol. The third-order valence-corrected chi connectivity index (χ3v) is 8.62. The summed E-state index contributed by atoms with van der Waals surface area (Å²) in [6.45, 7) is 7.73. The predicted octanol–water partition coefficient (Wildman–Crippen LogP) is 3.65. The minimum atomic E-state index is -0.518. The number of benzene rings is 2. The quantitative estimate of drug-likeness (QED) is 0.320. The summed E-state index contributed by atoms with van der Waals surface area (Å²) >= 11 is 0. The molecule has 0 unspecified atom stereocenters. The number of esters is 1. The minimum Gasteiger partial charge on any atom is -0.465 e. The maximum Gasteiger partial charge on any atom is 0.325 e. The molecule has 43 heavy (non-hydrogen) atoms. The van der Waals surface area contributed by atoms with Crippen LogP contribution >= 0.6 is 0 Å². The van der Waals surface area contributed by atoms with Crippen LogP contribution in [0.15, 0.2) is 48.5 Å². The molecular formula is C33H46N4O6. The van der Waals surface area contributed by atoms with Gasteiger partial charge in [0.15, 0.2) is 6.29 Å². The van der Waals surface area contributed by atoms with E-state index in [1.54, 1.807) is 6.92 Å². The van der Waals surface area contributed by atoms with Crippen molar-refractivity contribution in [2.45, 2.75) is 76.7 Å². The first kappa shape index (κ1) is 31.4. The average Bonchev–Trinajstić information content (AvgIpc) is 3.72. The summed E-state index contributed by atoms with van der Waals surface area (Å²) in [7, 11) is 0. The number of aliphatic hydroxyl groups excluding tert-OH is 1. The standard InChI is InChI=1S/C33H46N4O6/c1-2-41-31(39)20-35-33(40)34-19-24-7-13-27(14-8-24)32-42-29(18-30(43-32)26-11-9-25(23-38)10-12-26)22-37-17-5-6-28(37)21-36-15-3-4-16-36/h7-14,28-30,32,38H,2-6,15-23H2,1H3,(H2,34,35,40)/t28-,29-,30+,32+/m0/s1. The Morgan fingerprint density at radius 3 is 2.35 bits per heavy atom. The van der Waals surface area contributed by atoms with E-state index in [-0.39, 0.29) is 32.0 Å². The van der Waals surface area contributed by atoms with E-state index >= 15 is 0 Å². The summed E-state index contributed by atoms with van der Waals surface area (Å²) in [5.41, 5.74) is 3.80. The highest BCUT2D eigenvalue weighted by Crippen LogP contribution is 2.39. The van der Waals surface area contributed by atoms with Crippen LogP contribution in [0.4, 0.5) is 4.79 Å². The van der Waals surface area contributed by atoms with Crippen molar-refractivity contribution in [1.29, 1.82) is 0 Å². The summed E-state index contributed by atoms with van der Waals surface area (Å²) in [6.07, 6.45) is 5.24. The number of rotatable bonds is 12. The molecule has 2 aromatic carbocycles. The highest BCUT2D eigenvalue weighted by Gasteiger charge is 2.36. The van der Waals surface area contributed by atoms with Crippen molar-refractivity contribution in [2.24, 2.45) is 0 Å². The van der Waals surface area contributed by atoms with Crippen molar-refractivity contribution in [3.05, 3.63) is 70.8 Å². The number of hydrogen-bond acceptors (Lipinski definition) is 8. The van der Waals surface area contributed by atoms with Crippen LogP contribution in [0.2, 0.25) is 0 Å². The van der Waals surface area contributed by atoms with E-state index < -0.39 is 18.3 Å². The molecule has 3 heterocycles. The Bertz CT molecular complexity index is 1170. The molecule has 0 aromatic heterocycles. The lowest BCUT2D eigenvalue weighted by Crippen LogP contribution is -2.45. The lowest BCUT2D eigenvalue weighted by Gasteiger charge is -2.39. The SMILES string of the molecule is CCOC(=O)CNC(=O)NCc1ccc([C@@H]2O[C@H](CN3CCC[C@H]3CN3CCCC3)C[C@H](c3ccc(CO)cc3)O2)cc1. The molecule has 0 radical (unpaired) electrons. The third kappa shape index (κ3) is 9.00. The van der Waals surface area contributed by atoms with Gasteiger partial charge < -0.3 is 34.9 Å². The van der Waals surface area contributed by atoms with Gasteiger partial charge in [0.2, 0.25) is 0 Å². The number of carbonyl (C=O) groups excluding carboxylic acids is 2. The summed E-state index contributed by atoms with van der Waals surface area (Å²) in [5.74, 6) is -0.470. The van der Waals surface area contributed by atoms with Gasteiger partial charge in [-0.15, -0.1) is 0 Å². The number of amides is 2. The molecule has 2 amide bonds. The molecule has 3 saturated heterocycles. The lowest BCUT2D eigenvalue weighted by atomic mass is 9.99. The Kier molecular flexibility index (Phi) is 11.4. The molecule has 10 nitrogen and oxygen atoms in total. The van der Waals surface area contributed by atoms with Gasteiger partial charge in [0, 0.05) is 37.7 Å². The van der Waals surface area contributed by atoms with Gasteiger partial charge in [-0.2, -0.15) is 0 Å². The zero-order valence-corrected chi connectivity index (χ0v) is 25.2. The molecule has 10 heteroatoms. The Morgan fingerprint density at radius 2 is 1.63 bits per heavy atom. The van der Waals surface area contributed by atoms with Crippen LogP contribution in [0.3, 0.4) is 0 Å². The maximum atomic E-state index is 12.1. The van der Waals surface area contributed by atoms with E-state index in [0.717, 1.165) is 48.3 Å². The first-order valence-corrected chi connectivity index (χ1v) is 15.7. The van der Waals surface area contributed by atoms with Crippen LogP contribution in [0, 0.1) is 0 Å².